The van der Waals surface area contributed by atoms with Crippen molar-refractivity contribution in [1.82, 2.24) is 5.32 Å². The van der Waals surface area contributed by atoms with E-state index in [1.54, 1.807) is 0 Å². The maximum atomic E-state index is 11.9. The Bertz CT molecular complexity index is 601. The molecule has 1 aromatic carbocycles. The molecular weight excluding hydrogens is 311 g/mol. The first-order chi connectivity index (χ1) is 9.06. The van der Waals surface area contributed by atoms with Crippen molar-refractivity contribution in [3.63, 3.8) is 0 Å². The van der Waals surface area contributed by atoms with E-state index in [0.717, 1.165) is 12.1 Å². The van der Waals surface area contributed by atoms with Gasteiger partial charge in [-0.15, -0.1) is 0 Å². The number of rotatable bonds is 4. The number of hydrogen-bond donors (Lipinski definition) is 2. The lowest BCUT2D eigenvalue weighted by Crippen LogP contribution is -2.49. The number of nitrogens with one attached hydrogen (secondary N) is 1. The Labute approximate surface area is 123 Å². The lowest BCUT2D eigenvalue weighted by molar-refractivity contribution is -0.384. The van der Waals surface area contributed by atoms with Gasteiger partial charge in [0.15, 0.2) is 0 Å². The maximum absolute atomic E-state index is 11.9. The van der Waals surface area contributed by atoms with Crippen LogP contribution in [-0.2, 0) is 4.79 Å². The zero-order valence-corrected chi connectivity index (χ0v) is 11.9. The smallest absolute Gasteiger partial charge is 0.328 e. The van der Waals surface area contributed by atoms with Gasteiger partial charge in [-0.3, -0.25) is 14.9 Å². The SMILES string of the molecule is CC(C)(NC(=O)c1cc(Cl)c(Cl)c([N+](=O)[O-])c1)C(=O)O. The largest absolute Gasteiger partial charge is 0.480 e. The van der Waals surface area contributed by atoms with E-state index in [4.69, 9.17) is 28.3 Å². The van der Waals surface area contributed by atoms with E-state index in [-0.39, 0.29) is 15.6 Å². The topological polar surface area (TPSA) is 110 Å². The van der Waals surface area contributed by atoms with E-state index in [0.29, 0.717) is 0 Å². The second-order valence-corrected chi connectivity index (χ2v) is 5.22. The fourth-order valence-electron chi connectivity index (χ4n) is 1.25. The monoisotopic (exact) mass is 320 g/mol. The Morgan fingerprint density at radius 2 is 1.90 bits per heavy atom. The van der Waals surface area contributed by atoms with Crippen LogP contribution in [0.2, 0.25) is 10.0 Å². The molecule has 1 rings (SSSR count). The van der Waals surface area contributed by atoms with E-state index < -0.39 is 28.0 Å². The minimum absolute atomic E-state index is 0.152. The van der Waals surface area contributed by atoms with Crippen molar-refractivity contribution in [3.8, 4) is 0 Å². The number of nitrogens with zero attached hydrogens (tertiary/aromatic N) is 1. The molecule has 0 fully saturated rings. The minimum Gasteiger partial charge on any atom is -0.480 e. The van der Waals surface area contributed by atoms with E-state index >= 15 is 0 Å². The van der Waals surface area contributed by atoms with Crippen LogP contribution in [0.25, 0.3) is 0 Å². The second-order valence-electron chi connectivity index (χ2n) is 4.43. The lowest BCUT2D eigenvalue weighted by Gasteiger charge is -2.21. The zero-order chi connectivity index (χ0) is 15.7. The van der Waals surface area contributed by atoms with E-state index in [2.05, 4.69) is 5.32 Å². The molecule has 0 saturated heterocycles. The fourth-order valence-corrected chi connectivity index (χ4v) is 1.64. The molecule has 0 saturated carbocycles. The van der Waals surface area contributed by atoms with Crippen LogP contribution in [0.5, 0.6) is 0 Å². The Kier molecular flexibility index (Phi) is 4.57. The first-order valence-electron chi connectivity index (χ1n) is 5.25. The predicted octanol–water partition coefficient (Wildman–Crippen LogP) is 2.49. The molecule has 0 heterocycles. The summed E-state index contributed by atoms with van der Waals surface area (Å²) in [7, 11) is 0. The molecule has 1 amide bonds. The molecule has 2 N–H and O–H groups in total. The summed E-state index contributed by atoms with van der Waals surface area (Å²) in [4.78, 5) is 32.8. The van der Waals surface area contributed by atoms with Gasteiger partial charge in [-0.05, 0) is 19.9 Å². The molecular formula is C11H10Cl2N2O5. The molecule has 0 unspecified atom stereocenters. The Morgan fingerprint density at radius 3 is 2.35 bits per heavy atom. The molecule has 0 atom stereocenters. The Balaban J connectivity index is 3.18. The average molecular weight is 321 g/mol. The lowest BCUT2D eigenvalue weighted by atomic mass is 10.1. The number of hydrogen-bond acceptors (Lipinski definition) is 4. The molecule has 0 spiro atoms. The van der Waals surface area contributed by atoms with Gasteiger partial charge in [0, 0.05) is 11.6 Å². The van der Waals surface area contributed by atoms with Crippen molar-refractivity contribution >= 4 is 40.8 Å². The number of carboxylic acids is 1. The molecule has 108 valence electrons. The number of aliphatic carboxylic acids is 1. The first-order valence-corrected chi connectivity index (χ1v) is 6.01. The van der Waals surface area contributed by atoms with Gasteiger partial charge in [-0.25, -0.2) is 4.79 Å². The normalized spacial score (nSPS) is 11.0. The highest BCUT2D eigenvalue weighted by Crippen LogP contribution is 2.33. The minimum atomic E-state index is -1.53. The Morgan fingerprint density at radius 1 is 1.35 bits per heavy atom. The van der Waals surface area contributed by atoms with Crippen molar-refractivity contribution in [2.24, 2.45) is 0 Å². The summed E-state index contributed by atoms with van der Waals surface area (Å²) in [6.07, 6.45) is 0. The van der Waals surface area contributed by atoms with Gasteiger partial charge in [-0.2, -0.15) is 0 Å². The highest BCUT2D eigenvalue weighted by Gasteiger charge is 2.30. The quantitative estimate of drug-likeness (QED) is 0.654. The summed E-state index contributed by atoms with van der Waals surface area (Å²) < 4.78 is 0. The average Bonchev–Trinajstić information content (AvgIpc) is 2.31. The van der Waals surface area contributed by atoms with E-state index in [1.165, 1.54) is 13.8 Å². The molecule has 20 heavy (non-hydrogen) atoms. The van der Waals surface area contributed by atoms with Crippen molar-refractivity contribution in [1.29, 1.82) is 0 Å². The van der Waals surface area contributed by atoms with Gasteiger partial charge in [0.1, 0.15) is 10.6 Å². The fraction of sp³-hybridized carbons (Fsp3) is 0.273. The van der Waals surface area contributed by atoms with Crippen LogP contribution in [0.4, 0.5) is 5.69 Å². The van der Waals surface area contributed by atoms with Gasteiger partial charge in [0.25, 0.3) is 11.6 Å². The number of carboxylic acid groups (broad SMARTS) is 1. The molecule has 1 aromatic rings. The van der Waals surface area contributed by atoms with Gasteiger partial charge < -0.3 is 10.4 Å². The van der Waals surface area contributed by atoms with Gasteiger partial charge in [-0.1, -0.05) is 23.2 Å². The number of carbonyl (C=O) groups is 2. The first kappa shape index (κ1) is 16.2. The van der Waals surface area contributed by atoms with Crippen molar-refractivity contribution in [2.75, 3.05) is 0 Å². The third-order valence-corrected chi connectivity index (χ3v) is 3.22. The second kappa shape index (κ2) is 5.64. The zero-order valence-electron chi connectivity index (χ0n) is 10.4. The van der Waals surface area contributed by atoms with Crippen LogP contribution in [-0.4, -0.2) is 27.4 Å². The van der Waals surface area contributed by atoms with Crippen LogP contribution >= 0.6 is 23.2 Å². The molecule has 0 aromatic heterocycles. The standard InChI is InChI=1S/C11H10Cl2N2O5/c1-11(2,10(17)18)14-9(16)5-3-6(12)8(13)7(4-5)15(19)20/h3-4H,1-2H3,(H,14,16)(H,17,18). The van der Waals surface area contributed by atoms with E-state index in [9.17, 15) is 19.7 Å². The number of benzene rings is 1. The third-order valence-electron chi connectivity index (χ3n) is 2.43. The van der Waals surface area contributed by atoms with Crippen molar-refractivity contribution in [3.05, 3.63) is 37.9 Å². The molecule has 0 radical (unpaired) electrons. The summed E-state index contributed by atoms with van der Waals surface area (Å²) in [6, 6.07) is 2.06. The van der Waals surface area contributed by atoms with Crippen molar-refractivity contribution < 1.29 is 19.6 Å². The summed E-state index contributed by atoms with van der Waals surface area (Å²) in [5, 5.41) is 21.5. The van der Waals surface area contributed by atoms with Gasteiger partial charge in [0.05, 0.1) is 9.95 Å². The predicted molar refractivity (Wildman–Crippen MR) is 72.3 cm³/mol. The number of carbonyl (C=O) groups excluding carboxylic acids is 1. The molecule has 9 heteroatoms. The third kappa shape index (κ3) is 3.37. The molecule has 0 aliphatic carbocycles. The van der Waals surface area contributed by atoms with E-state index in [1.807, 2.05) is 0 Å². The summed E-state index contributed by atoms with van der Waals surface area (Å²) >= 11 is 11.4. The van der Waals surface area contributed by atoms with Crippen LogP contribution in [0, 0.1) is 10.1 Å². The van der Waals surface area contributed by atoms with Crippen LogP contribution in [0.15, 0.2) is 12.1 Å². The summed E-state index contributed by atoms with van der Waals surface area (Å²) in [5.41, 5.74) is -2.21. The van der Waals surface area contributed by atoms with Gasteiger partial charge in [0.2, 0.25) is 0 Å². The number of amides is 1. The molecule has 7 nitrogen and oxygen atoms in total. The van der Waals surface area contributed by atoms with Crippen molar-refractivity contribution in [2.45, 2.75) is 19.4 Å². The number of halogens is 2. The van der Waals surface area contributed by atoms with Gasteiger partial charge >= 0.3 is 5.97 Å². The summed E-state index contributed by atoms with van der Waals surface area (Å²) in [6.45, 7) is 2.55. The van der Waals surface area contributed by atoms with Crippen LogP contribution < -0.4 is 5.32 Å². The Hall–Kier alpha value is -1.86. The highest BCUT2D eigenvalue weighted by molar-refractivity contribution is 6.43. The van der Waals surface area contributed by atoms with Crippen LogP contribution in [0.1, 0.15) is 24.2 Å². The molecule has 0 aliphatic heterocycles. The maximum Gasteiger partial charge on any atom is 0.328 e. The summed E-state index contributed by atoms with van der Waals surface area (Å²) in [5.74, 6) is -2.06. The number of nitro benzene ring substituents is 1. The van der Waals surface area contributed by atoms with Crippen LogP contribution in [0.3, 0.4) is 0 Å². The molecule has 0 bridgehead atoms. The molecule has 0 aliphatic rings. The highest BCUT2D eigenvalue weighted by atomic mass is 35.5. The number of nitro groups is 1.